The van der Waals surface area contributed by atoms with E-state index in [0.29, 0.717) is 17.4 Å². The van der Waals surface area contributed by atoms with Crippen molar-refractivity contribution in [3.8, 4) is 5.75 Å². The largest absolute Gasteiger partial charge is 0.486 e. The maximum atomic E-state index is 13.4. The molecule has 0 radical (unpaired) electrons. The SMILES string of the molecule is CC(C)n1c(COc2ccccc2Cl)cc2cc(F)ccc21. The Kier molecular flexibility index (Phi) is 4.08. The van der Waals surface area contributed by atoms with Crippen LogP contribution in [-0.4, -0.2) is 4.57 Å². The first-order chi connectivity index (χ1) is 10.6. The molecule has 114 valence electrons. The van der Waals surface area contributed by atoms with Gasteiger partial charge in [-0.05, 0) is 50.2 Å². The van der Waals surface area contributed by atoms with Crippen molar-refractivity contribution in [1.82, 2.24) is 4.57 Å². The van der Waals surface area contributed by atoms with Gasteiger partial charge in [-0.15, -0.1) is 0 Å². The third kappa shape index (κ3) is 2.81. The molecular formula is C18H17ClFNO. The van der Waals surface area contributed by atoms with Crippen LogP contribution in [0.2, 0.25) is 5.02 Å². The Morgan fingerprint density at radius 3 is 2.64 bits per heavy atom. The van der Waals surface area contributed by atoms with Crippen molar-refractivity contribution in [3.05, 3.63) is 65.1 Å². The van der Waals surface area contributed by atoms with Crippen LogP contribution in [-0.2, 0) is 6.61 Å². The molecule has 0 fully saturated rings. The van der Waals surface area contributed by atoms with Crippen molar-refractivity contribution < 1.29 is 9.13 Å². The third-order valence-electron chi connectivity index (χ3n) is 3.61. The van der Waals surface area contributed by atoms with Gasteiger partial charge in [-0.1, -0.05) is 23.7 Å². The number of aromatic nitrogens is 1. The number of para-hydroxylation sites is 1. The fourth-order valence-electron chi connectivity index (χ4n) is 2.70. The molecule has 0 saturated carbocycles. The molecule has 3 rings (SSSR count). The number of ether oxygens (including phenoxy) is 1. The van der Waals surface area contributed by atoms with Crippen LogP contribution in [0.3, 0.4) is 0 Å². The molecule has 0 amide bonds. The first-order valence-electron chi connectivity index (χ1n) is 7.23. The Bertz CT molecular complexity index is 810. The van der Waals surface area contributed by atoms with Crippen molar-refractivity contribution in [2.24, 2.45) is 0 Å². The molecule has 1 heterocycles. The fourth-order valence-corrected chi connectivity index (χ4v) is 2.89. The van der Waals surface area contributed by atoms with E-state index >= 15 is 0 Å². The molecule has 0 spiro atoms. The monoisotopic (exact) mass is 317 g/mol. The Morgan fingerprint density at radius 1 is 1.14 bits per heavy atom. The molecule has 0 aliphatic heterocycles. The maximum Gasteiger partial charge on any atom is 0.138 e. The number of hydrogen-bond donors (Lipinski definition) is 0. The van der Waals surface area contributed by atoms with Crippen LogP contribution in [0.5, 0.6) is 5.75 Å². The lowest BCUT2D eigenvalue weighted by Crippen LogP contribution is -2.08. The maximum absolute atomic E-state index is 13.4. The highest BCUT2D eigenvalue weighted by atomic mass is 35.5. The summed E-state index contributed by atoms with van der Waals surface area (Å²) in [5.41, 5.74) is 2.00. The van der Waals surface area contributed by atoms with Gasteiger partial charge in [0, 0.05) is 16.9 Å². The van der Waals surface area contributed by atoms with Crippen molar-refractivity contribution >= 4 is 22.5 Å². The molecule has 0 saturated heterocycles. The molecule has 0 atom stereocenters. The molecule has 22 heavy (non-hydrogen) atoms. The fraction of sp³-hybridized carbons (Fsp3) is 0.222. The summed E-state index contributed by atoms with van der Waals surface area (Å²) in [6.07, 6.45) is 0. The molecule has 0 aliphatic carbocycles. The second-order valence-electron chi connectivity index (χ2n) is 5.52. The van der Waals surface area contributed by atoms with Crippen molar-refractivity contribution in [1.29, 1.82) is 0 Å². The first kappa shape index (κ1) is 14.9. The second kappa shape index (κ2) is 6.01. The Hall–Kier alpha value is -2.00. The van der Waals surface area contributed by atoms with E-state index in [1.54, 1.807) is 12.1 Å². The van der Waals surface area contributed by atoms with Crippen LogP contribution >= 0.6 is 11.6 Å². The zero-order valence-corrected chi connectivity index (χ0v) is 13.3. The summed E-state index contributed by atoms with van der Waals surface area (Å²) in [4.78, 5) is 0. The predicted octanol–water partition coefficient (Wildman–Crippen LogP) is 5.59. The average molecular weight is 318 g/mol. The lowest BCUT2D eigenvalue weighted by Gasteiger charge is -2.15. The molecule has 1 aromatic heterocycles. The van der Waals surface area contributed by atoms with Gasteiger partial charge in [-0.25, -0.2) is 4.39 Å². The number of halogens is 2. The zero-order chi connectivity index (χ0) is 15.7. The minimum atomic E-state index is -0.230. The number of nitrogens with zero attached hydrogens (tertiary/aromatic N) is 1. The first-order valence-corrected chi connectivity index (χ1v) is 7.61. The molecule has 2 nitrogen and oxygen atoms in total. The van der Waals surface area contributed by atoms with E-state index in [1.165, 1.54) is 6.07 Å². The van der Waals surface area contributed by atoms with Crippen LogP contribution in [0.1, 0.15) is 25.6 Å². The minimum Gasteiger partial charge on any atom is -0.486 e. The van der Waals surface area contributed by atoms with Crippen LogP contribution in [0, 0.1) is 5.82 Å². The van der Waals surface area contributed by atoms with Gasteiger partial charge < -0.3 is 9.30 Å². The van der Waals surface area contributed by atoms with Crippen molar-refractivity contribution in [3.63, 3.8) is 0 Å². The summed E-state index contributed by atoms with van der Waals surface area (Å²) in [5.74, 6) is 0.419. The van der Waals surface area contributed by atoms with E-state index in [0.717, 1.165) is 16.6 Å². The van der Waals surface area contributed by atoms with Gasteiger partial charge in [0.05, 0.1) is 10.7 Å². The van der Waals surface area contributed by atoms with E-state index in [9.17, 15) is 4.39 Å². The summed E-state index contributed by atoms with van der Waals surface area (Å²) < 4.78 is 21.4. The summed E-state index contributed by atoms with van der Waals surface area (Å²) in [6, 6.07) is 14.5. The summed E-state index contributed by atoms with van der Waals surface area (Å²) in [7, 11) is 0. The normalized spacial score (nSPS) is 11.3. The van der Waals surface area contributed by atoms with Crippen molar-refractivity contribution in [2.75, 3.05) is 0 Å². The summed E-state index contributed by atoms with van der Waals surface area (Å²) in [5, 5.41) is 1.47. The molecule has 2 aromatic carbocycles. The van der Waals surface area contributed by atoms with Gasteiger partial charge in [-0.3, -0.25) is 0 Å². The van der Waals surface area contributed by atoms with E-state index in [1.807, 2.05) is 30.3 Å². The molecular weight excluding hydrogens is 301 g/mol. The Balaban J connectivity index is 1.96. The summed E-state index contributed by atoms with van der Waals surface area (Å²) in [6.45, 7) is 4.59. The Morgan fingerprint density at radius 2 is 1.91 bits per heavy atom. The minimum absolute atomic E-state index is 0.230. The van der Waals surface area contributed by atoms with Gasteiger partial charge >= 0.3 is 0 Å². The average Bonchev–Trinajstić information content (AvgIpc) is 2.84. The predicted molar refractivity (Wildman–Crippen MR) is 88.1 cm³/mol. The van der Waals surface area contributed by atoms with Gasteiger partial charge in [-0.2, -0.15) is 0 Å². The molecule has 0 N–H and O–H groups in total. The van der Waals surface area contributed by atoms with E-state index in [-0.39, 0.29) is 11.9 Å². The molecule has 4 heteroatoms. The highest BCUT2D eigenvalue weighted by molar-refractivity contribution is 6.32. The number of hydrogen-bond acceptors (Lipinski definition) is 1. The van der Waals surface area contributed by atoms with Crippen molar-refractivity contribution in [2.45, 2.75) is 26.5 Å². The highest BCUT2D eigenvalue weighted by Crippen LogP contribution is 2.28. The standard InChI is InChI=1S/C18H17ClFNO/c1-12(2)21-15(10-13-9-14(20)7-8-17(13)21)11-22-18-6-4-3-5-16(18)19/h3-10,12H,11H2,1-2H3. The number of benzene rings is 2. The number of fused-ring (bicyclic) bond motifs is 1. The lowest BCUT2D eigenvalue weighted by atomic mass is 10.2. The van der Waals surface area contributed by atoms with Crippen LogP contribution in [0.4, 0.5) is 4.39 Å². The van der Waals surface area contributed by atoms with Crippen LogP contribution in [0.25, 0.3) is 10.9 Å². The van der Waals surface area contributed by atoms with E-state index in [4.69, 9.17) is 16.3 Å². The Labute approximate surface area is 134 Å². The smallest absolute Gasteiger partial charge is 0.138 e. The second-order valence-corrected chi connectivity index (χ2v) is 5.93. The summed E-state index contributed by atoms with van der Waals surface area (Å²) >= 11 is 6.11. The van der Waals surface area contributed by atoms with Crippen LogP contribution in [0.15, 0.2) is 48.5 Å². The number of rotatable bonds is 4. The quantitative estimate of drug-likeness (QED) is 0.611. The topological polar surface area (TPSA) is 14.2 Å². The van der Waals surface area contributed by atoms with Gasteiger partial charge in [0.15, 0.2) is 0 Å². The molecule has 0 bridgehead atoms. The van der Waals surface area contributed by atoms with E-state index in [2.05, 4.69) is 18.4 Å². The highest BCUT2D eigenvalue weighted by Gasteiger charge is 2.13. The zero-order valence-electron chi connectivity index (χ0n) is 12.5. The molecule has 0 unspecified atom stereocenters. The molecule has 3 aromatic rings. The van der Waals surface area contributed by atoms with Crippen LogP contribution < -0.4 is 4.74 Å². The molecule has 0 aliphatic rings. The van der Waals surface area contributed by atoms with E-state index < -0.39 is 0 Å². The van der Waals surface area contributed by atoms with Gasteiger partial charge in [0.1, 0.15) is 18.2 Å². The third-order valence-corrected chi connectivity index (χ3v) is 3.92. The van der Waals surface area contributed by atoms with Gasteiger partial charge in [0.25, 0.3) is 0 Å². The lowest BCUT2D eigenvalue weighted by molar-refractivity contribution is 0.293. The van der Waals surface area contributed by atoms with Gasteiger partial charge in [0.2, 0.25) is 0 Å².